The maximum atomic E-state index is 5.97. The van der Waals surface area contributed by atoms with Crippen molar-refractivity contribution in [2.75, 3.05) is 20.1 Å². The Morgan fingerprint density at radius 1 is 1.20 bits per heavy atom. The molecule has 2 N–H and O–H groups in total. The highest BCUT2D eigenvalue weighted by Gasteiger charge is 2.36. The van der Waals surface area contributed by atoms with Gasteiger partial charge in [-0.15, -0.1) is 0 Å². The molecule has 0 spiro atoms. The van der Waals surface area contributed by atoms with E-state index in [4.69, 9.17) is 5.73 Å². The van der Waals surface area contributed by atoms with Gasteiger partial charge in [0.15, 0.2) is 0 Å². The normalized spacial score (nSPS) is 21.2. The predicted octanol–water partition coefficient (Wildman–Crippen LogP) is 2.63. The minimum absolute atomic E-state index is 0.325. The molecule has 1 rings (SSSR count). The van der Waals surface area contributed by atoms with Crippen LogP contribution >= 0.6 is 0 Å². The van der Waals surface area contributed by atoms with Gasteiger partial charge in [-0.2, -0.15) is 0 Å². The number of nitrogens with two attached hydrogens (primary N) is 1. The van der Waals surface area contributed by atoms with Gasteiger partial charge < -0.3 is 5.73 Å². The first-order valence-electron chi connectivity index (χ1n) is 6.31. The molecule has 2 heteroatoms. The van der Waals surface area contributed by atoms with Crippen molar-refractivity contribution in [1.82, 2.24) is 4.90 Å². The highest BCUT2D eigenvalue weighted by molar-refractivity contribution is 4.94. The molecule has 0 aromatic rings. The van der Waals surface area contributed by atoms with Gasteiger partial charge in [-0.3, -0.25) is 4.90 Å². The van der Waals surface area contributed by atoms with Crippen LogP contribution in [0.1, 0.15) is 52.9 Å². The van der Waals surface area contributed by atoms with Gasteiger partial charge in [0.25, 0.3) is 0 Å². The van der Waals surface area contributed by atoms with Crippen molar-refractivity contribution in [3.05, 3.63) is 0 Å². The van der Waals surface area contributed by atoms with Crippen LogP contribution in [0, 0.1) is 5.41 Å². The third-order valence-corrected chi connectivity index (χ3v) is 3.92. The van der Waals surface area contributed by atoms with E-state index in [0.29, 0.717) is 11.0 Å². The van der Waals surface area contributed by atoms with Gasteiger partial charge in [0, 0.05) is 12.1 Å². The zero-order valence-electron chi connectivity index (χ0n) is 11.0. The van der Waals surface area contributed by atoms with Crippen molar-refractivity contribution in [3.63, 3.8) is 0 Å². The van der Waals surface area contributed by atoms with Crippen LogP contribution < -0.4 is 5.73 Å². The molecule has 0 atom stereocenters. The summed E-state index contributed by atoms with van der Waals surface area (Å²) in [4.78, 5) is 2.52. The fraction of sp³-hybridized carbons (Fsp3) is 1.00. The van der Waals surface area contributed by atoms with Gasteiger partial charge in [-0.05, 0) is 38.3 Å². The lowest BCUT2D eigenvalue weighted by Gasteiger charge is -2.39. The summed E-state index contributed by atoms with van der Waals surface area (Å²) in [6.45, 7) is 8.94. The van der Waals surface area contributed by atoms with Gasteiger partial charge in [-0.25, -0.2) is 0 Å². The number of likely N-dealkylation sites (N-methyl/N-ethyl adjacent to an activating group) is 1. The van der Waals surface area contributed by atoms with Gasteiger partial charge in [-0.1, -0.05) is 33.6 Å². The molecule has 1 fully saturated rings. The topological polar surface area (TPSA) is 29.3 Å². The number of nitrogens with zero attached hydrogens (tertiary/aromatic N) is 1. The molecule has 1 aliphatic carbocycles. The minimum Gasteiger partial charge on any atom is -0.329 e. The van der Waals surface area contributed by atoms with E-state index in [1.807, 2.05) is 0 Å². The second kappa shape index (κ2) is 4.84. The molecule has 90 valence electrons. The molecule has 0 saturated heterocycles. The summed E-state index contributed by atoms with van der Waals surface area (Å²) >= 11 is 0. The highest BCUT2D eigenvalue weighted by Crippen LogP contribution is 2.34. The Hall–Kier alpha value is -0.0800. The minimum atomic E-state index is 0.325. The maximum absolute atomic E-state index is 5.97. The summed E-state index contributed by atoms with van der Waals surface area (Å²) in [5.41, 5.74) is 6.73. The quantitative estimate of drug-likeness (QED) is 0.776. The smallest absolute Gasteiger partial charge is 0.0328 e. The average molecular weight is 212 g/mol. The van der Waals surface area contributed by atoms with Gasteiger partial charge >= 0.3 is 0 Å². The van der Waals surface area contributed by atoms with Crippen LogP contribution in [-0.4, -0.2) is 30.6 Å². The van der Waals surface area contributed by atoms with Gasteiger partial charge in [0.05, 0.1) is 0 Å². The van der Waals surface area contributed by atoms with Crippen molar-refractivity contribution in [2.45, 2.75) is 58.4 Å². The fourth-order valence-corrected chi connectivity index (χ4v) is 2.52. The second-order valence-electron chi connectivity index (χ2n) is 6.37. The van der Waals surface area contributed by atoms with Crippen LogP contribution in [0.15, 0.2) is 0 Å². The van der Waals surface area contributed by atoms with Gasteiger partial charge in [0.1, 0.15) is 0 Å². The summed E-state index contributed by atoms with van der Waals surface area (Å²) in [7, 11) is 2.25. The Labute approximate surface area is 95.2 Å². The highest BCUT2D eigenvalue weighted by atomic mass is 15.2. The maximum Gasteiger partial charge on any atom is 0.0328 e. The number of hydrogen-bond acceptors (Lipinski definition) is 2. The first kappa shape index (κ1) is 13.0. The van der Waals surface area contributed by atoms with Crippen LogP contribution in [0.2, 0.25) is 0 Å². The van der Waals surface area contributed by atoms with E-state index in [1.165, 1.54) is 38.6 Å². The van der Waals surface area contributed by atoms with Crippen LogP contribution in [-0.2, 0) is 0 Å². The molecule has 0 aromatic carbocycles. The Morgan fingerprint density at radius 3 is 2.13 bits per heavy atom. The van der Waals surface area contributed by atoms with Crippen molar-refractivity contribution in [3.8, 4) is 0 Å². The Balaban J connectivity index is 2.47. The molecular weight excluding hydrogens is 184 g/mol. The van der Waals surface area contributed by atoms with Crippen molar-refractivity contribution in [1.29, 1.82) is 0 Å². The zero-order valence-corrected chi connectivity index (χ0v) is 11.0. The van der Waals surface area contributed by atoms with Crippen molar-refractivity contribution >= 4 is 0 Å². The Bertz CT molecular complexity index is 187. The van der Waals surface area contributed by atoms with Crippen LogP contribution in [0.25, 0.3) is 0 Å². The molecule has 15 heavy (non-hydrogen) atoms. The van der Waals surface area contributed by atoms with Gasteiger partial charge in [0.2, 0.25) is 0 Å². The third kappa shape index (κ3) is 3.46. The predicted molar refractivity (Wildman–Crippen MR) is 67.0 cm³/mol. The summed E-state index contributed by atoms with van der Waals surface area (Å²) in [5, 5.41) is 0. The first-order chi connectivity index (χ1) is 6.90. The molecule has 1 saturated carbocycles. The third-order valence-electron chi connectivity index (χ3n) is 3.92. The van der Waals surface area contributed by atoms with Crippen LogP contribution in [0.3, 0.4) is 0 Å². The number of rotatable bonds is 4. The molecule has 1 aliphatic rings. The summed E-state index contributed by atoms with van der Waals surface area (Å²) in [6, 6.07) is 0. The molecule has 0 amide bonds. The summed E-state index contributed by atoms with van der Waals surface area (Å²) in [5.74, 6) is 0. The lowest BCUT2D eigenvalue weighted by molar-refractivity contribution is 0.116. The SMILES string of the molecule is CN(CCC(C)(C)C)C1(CN)CCCC1. The van der Waals surface area contributed by atoms with E-state index < -0.39 is 0 Å². The Morgan fingerprint density at radius 2 is 1.73 bits per heavy atom. The van der Waals surface area contributed by atoms with E-state index in [-0.39, 0.29) is 0 Å². The monoisotopic (exact) mass is 212 g/mol. The van der Waals surface area contributed by atoms with E-state index in [9.17, 15) is 0 Å². The summed E-state index contributed by atoms with van der Waals surface area (Å²) < 4.78 is 0. The lowest BCUT2D eigenvalue weighted by Crippen LogP contribution is -2.50. The molecule has 0 aromatic heterocycles. The van der Waals surface area contributed by atoms with E-state index in [2.05, 4.69) is 32.7 Å². The summed E-state index contributed by atoms with van der Waals surface area (Å²) in [6.07, 6.45) is 6.56. The fourth-order valence-electron chi connectivity index (χ4n) is 2.52. The zero-order chi connectivity index (χ0) is 11.5. The lowest BCUT2D eigenvalue weighted by atomic mass is 9.90. The Kier molecular flexibility index (Phi) is 4.19. The molecule has 0 bridgehead atoms. The van der Waals surface area contributed by atoms with E-state index in [1.54, 1.807) is 0 Å². The largest absolute Gasteiger partial charge is 0.329 e. The second-order valence-corrected chi connectivity index (χ2v) is 6.37. The van der Waals surface area contributed by atoms with Crippen molar-refractivity contribution < 1.29 is 0 Å². The molecule has 0 unspecified atom stereocenters. The van der Waals surface area contributed by atoms with E-state index in [0.717, 1.165) is 6.54 Å². The molecule has 0 radical (unpaired) electrons. The number of hydrogen-bond donors (Lipinski definition) is 1. The average Bonchev–Trinajstić information content (AvgIpc) is 2.62. The standard InChI is InChI=1S/C13H28N2/c1-12(2,3)9-10-15(4)13(11-14)7-5-6-8-13/h5-11,14H2,1-4H3. The molecule has 0 heterocycles. The van der Waals surface area contributed by atoms with E-state index >= 15 is 0 Å². The van der Waals surface area contributed by atoms with Crippen LogP contribution in [0.5, 0.6) is 0 Å². The molecule has 0 aliphatic heterocycles. The first-order valence-corrected chi connectivity index (χ1v) is 6.31. The molecule has 2 nitrogen and oxygen atoms in total. The molecular formula is C13H28N2. The van der Waals surface area contributed by atoms with Crippen molar-refractivity contribution in [2.24, 2.45) is 11.1 Å². The van der Waals surface area contributed by atoms with Crippen LogP contribution in [0.4, 0.5) is 0 Å².